The maximum atomic E-state index is 13.2. The van der Waals surface area contributed by atoms with Crippen LogP contribution in [0.5, 0.6) is 5.75 Å². The summed E-state index contributed by atoms with van der Waals surface area (Å²) in [5, 5.41) is 11.8. The number of benzene rings is 2. The summed E-state index contributed by atoms with van der Waals surface area (Å²) in [6, 6.07) is 12.8. The number of aliphatic hydroxyl groups is 1. The van der Waals surface area contributed by atoms with Gasteiger partial charge in [-0.25, -0.2) is 0 Å². The Morgan fingerprint density at radius 3 is 2.44 bits per heavy atom. The number of methoxy groups -OCH3 is 1. The molecular weight excluding hydrogens is 428 g/mol. The predicted molar refractivity (Wildman–Crippen MR) is 123 cm³/mol. The van der Waals surface area contributed by atoms with E-state index in [1.54, 1.807) is 68.0 Å². The molecule has 0 radical (unpaired) electrons. The molecule has 1 saturated heterocycles. The lowest BCUT2D eigenvalue weighted by Gasteiger charge is -2.25. The summed E-state index contributed by atoms with van der Waals surface area (Å²) in [6.07, 6.45) is 3.19. The molecular formula is C25H21ClN2O4. The second kappa shape index (κ2) is 8.48. The number of hydrogen-bond donors (Lipinski definition) is 1. The lowest BCUT2D eigenvalue weighted by molar-refractivity contribution is -0.132. The molecule has 0 spiro atoms. The Hall–Kier alpha value is -3.64. The van der Waals surface area contributed by atoms with Gasteiger partial charge >= 0.3 is 0 Å². The largest absolute Gasteiger partial charge is 0.507 e. The van der Waals surface area contributed by atoms with Gasteiger partial charge in [0.15, 0.2) is 0 Å². The van der Waals surface area contributed by atoms with Crippen molar-refractivity contribution in [1.82, 2.24) is 4.98 Å². The van der Waals surface area contributed by atoms with E-state index in [-0.39, 0.29) is 11.3 Å². The quantitative estimate of drug-likeness (QED) is 0.345. The first-order valence-corrected chi connectivity index (χ1v) is 10.3. The Morgan fingerprint density at radius 1 is 1.09 bits per heavy atom. The minimum absolute atomic E-state index is 0.00520. The van der Waals surface area contributed by atoms with Crippen molar-refractivity contribution < 1.29 is 19.4 Å². The first kappa shape index (κ1) is 21.6. The summed E-state index contributed by atoms with van der Waals surface area (Å²) in [7, 11) is 1.57. The number of anilines is 1. The van der Waals surface area contributed by atoms with Crippen molar-refractivity contribution in [2.75, 3.05) is 12.0 Å². The number of nitrogens with zero attached hydrogens (tertiary/aromatic N) is 2. The smallest absolute Gasteiger partial charge is 0.300 e. The van der Waals surface area contributed by atoms with Crippen LogP contribution in [0.4, 0.5) is 5.69 Å². The number of pyridine rings is 1. The zero-order valence-electron chi connectivity index (χ0n) is 17.8. The molecule has 0 aliphatic carbocycles. The van der Waals surface area contributed by atoms with Crippen LogP contribution >= 0.6 is 11.6 Å². The number of aryl methyl sites for hydroxylation is 2. The van der Waals surface area contributed by atoms with Gasteiger partial charge in [-0.3, -0.25) is 19.5 Å². The summed E-state index contributed by atoms with van der Waals surface area (Å²) in [5.74, 6) is -1.06. The maximum absolute atomic E-state index is 13.2. The number of hydrogen-bond acceptors (Lipinski definition) is 5. The second-order valence-electron chi connectivity index (χ2n) is 7.57. The first-order valence-electron chi connectivity index (χ1n) is 9.95. The fourth-order valence-electron chi connectivity index (χ4n) is 3.96. The van der Waals surface area contributed by atoms with E-state index in [1.807, 2.05) is 13.8 Å². The molecule has 1 atom stereocenters. The van der Waals surface area contributed by atoms with Gasteiger partial charge in [0.05, 0.1) is 18.7 Å². The van der Waals surface area contributed by atoms with Crippen LogP contribution < -0.4 is 9.64 Å². The molecule has 3 aromatic rings. The van der Waals surface area contributed by atoms with E-state index >= 15 is 0 Å². The molecule has 1 N–H and O–H groups in total. The Morgan fingerprint density at radius 2 is 1.81 bits per heavy atom. The van der Waals surface area contributed by atoms with Crippen molar-refractivity contribution >= 4 is 34.7 Å². The highest BCUT2D eigenvalue weighted by molar-refractivity contribution is 6.51. The standard InChI is InChI=1S/C25H21ClN2O4/c1-14-12-20(32-3)15(2)11-19(14)23(29)21-22(16-5-4-10-27-13-16)28(25(31)24(21)30)18-8-6-17(26)7-9-18/h4-13,22,29H,1-3H3/b23-21+. The number of amides is 1. The van der Waals surface area contributed by atoms with Crippen molar-refractivity contribution in [3.63, 3.8) is 0 Å². The summed E-state index contributed by atoms with van der Waals surface area (Å²) >= 11 is 6.01. The summed E-state index contributed by atoms with van der Waals surface area (Å²) in [4.78, 5) is 31.8. The Kier molecular flexibility index (Phi) is 5.72. The molecule has 2 heterocycles. The van der Waals surface area contributed by atoms with Crippen LogP contribution in [-0.4, -0.2) is 28.9 Å². The highest BCUT2D eigenvalue weighted by Crippen LogP contribution is 2.42. The average Bonchev–Trinajstić information content (AvgIpc) is 3.06. The molecule has 1 amide bonds. The average molecular weight is 449 g/mol. The second-order valence-corrected chi connectivity index (χ2v) is 8.01. The van der Waals surface area contributed by atoms with Crippen LogP contribution in [0.25, 0.3) is 5.76 Å². The Bertz CT molecular complexity index is 1240. The van der Waals surface area contributed by atoms with Crippen molar-refractivity contribution in [2.24, 2.45) is 0 Å². The molecule has 32 heavy (non-hydrogen) atoms. The number of carbonyl (C=O) groups is 2. The monoisotopic (exact) mass is 448 g/mol. The Labute approximate surface area is 190 Å². The number of halogens is 1. The van der Waals surface area contributed by atoms with Crippen molar-refractivity contribution in [3.8, 4) is 5.75 Å². The minimum Gasteiger partial charge on any atom is -0.507 e. The number of Topliss-reactive ketones (excluding diaryl/α,β-unsaturated/α-hetero) is 1. The molecule has 2 aromatic carbocycles. The Balaban J connectivity index is 1.96. The topological polar surface area (TPSA) is 79.7 Å². The molecule has 0 bridgehead atoms. The van der Waals surface area contributed by atoms with Crippen LogP contribution in [0, 0.1) is 13.8 Å². The van der Waals surface area contributed by atoms with Crippen molar-refractivity contribution in [2.45, 2.75) is 19.9 Å². The molecule has 0 saturated carbocycles. The fourth-order valence-corrected chi connectivity index (χ4v) is 4.09. The third-order valence-electron chi connectivity index (χ3n) is 5.55. The number of aromatic nitrogens is 1. The van der Waals surface area contributed by atoms with Crippen LogP contribution in [0.1, 0.15) is 28.3 Å². The van der Waals surface area contributed by atoms with Gasteiger partial charge in [-0.2, -0.15) is 0 Å². The first-order chi connectivity index (χ1) is 15.3. The number of rotatable bonds is 4. The lowest BCUT2D eigenvalue weighted by atomic mass is 9.93. The van der Waals surface area contributed by atoms with Crippen molar-refractivity contribution in [1.29, 1.82) is 0 Å². The SMILES string of the molecule is COc1cc(C)c(/C(O)=C2\C(=O)C(=O)N(c3ccc(Cl)cc3)C2c2cccnc2)cc1C. The molecule has 4 rings (SSSR count). The maximum Gasteiger partial charge on any atom is 0.300 e. The van der Waals surface area contributed by atoms with Crippen LogP contribution in [0.3, 0.4) is 0 Å². The van der Waals surface area contributed by atoms with E-state index < -0.39 is 17.7 Å². The predicted octanol–water partition coefficient (Wildman–Crippen LogP) is 4.99. The van der Waals surface area contributed by atoms with E-state index in [2.05, 4.69) is 4.98 Å². The lowest BCUT2D eigenvalue weighted by Crippen LogP contribution is -2.29. The van der Waals surface area contributed by atoms with Crippen LogP contribution in [0.2, 0.25) is 5.02 Å². The fraction of sp³-hybridized carbons (Fsp3) is 0.160. The minimum atomic E-state index is -0.841. The summed E-state index contributed by atoms with van der Waals surface area (Å²) < 4.78 is 5.35. The summed E-state index contributed by atoms with van der Waals surface area (Å²) in [6.45, 7) is 3.66. The van der Waals surface area contributed by atoms with Gasteiger partial charge < -0.3 is 9.84 Å². The van der Waals surface area contributed by atoms with Crippen LogP contribution in [0.15, 0.2) is 66.5 Å². The highest BCUT2D eigenvalue weighted by Gasteiger charge is 2.47. The zero-order chi connectivity index (χ0) is 23.0. The number of ketones is 1. The third kappa shape index (κ3) is 3.63. The van der Waals surface area contributed by atoms with Crippen LogP contribution in [-0.2, 0) is 9.59 Å². The van der Waals surface area contributed by atoms with Gasteiger partial charge in [0, 0.05) is 28.7 Å². The molecule has 1 aliphatic rings. The van der Waals surface area contributed by atoms with E-state index in [0.717, 1.165) is 5.56 Å². The number of aliphatic hydroxyl groups excluding tert-OH is 1. The van der Waals surface area contributed by atoms with Gasteiger partial charge in [-0.05, 0) is 73.0 Å². The van der Waals surface area contributed by atoms with E-state index in [1.165, 1.54) is 4.90 Å². The van der Waals surface area contributed by atoms with E-state index in [4.69, 9.17) is 16.3 Å². The van der Waals surface area contributed by atoms with Gasteiger partial charge in [0.1, 0.15) is 11.5 Å². The molecule has 7 heteroatoms. The summed E-state index contributed by atoms with van der Waals surface area (Å²) in [5.41, 5.74) is 3.08. The van der Waals surface area contributed by atoms with Crippen molar-refractivity contribution in [3.05, 3.63) is 93.8 Å². The molecule has 162 valence electrons. The van der Waals surface area contributed by atoms with Gasteiger partial charge in [0.2, 0.25) is 0 Å². The van der Waals surface area contributed by atoms with Gasteiger partial charge in [-0.1, -0.05) is 17.7 Å². The number of ether oxygens (including phenoxy) is 1. The van der Waals surface area contributed by atoms with E-state index in [9.17, 15) is 14.7 Å². The molecule has 1 unspecified atom stereocenters. The normalized spacial score (nSPS) is 17.6. The van der Waals surface area contributed by atoms with E-state index in [0.29, 0.717) is 33.1 Å². The molecule has 1 fully saturated rings. The van der Waals surface area contributed by atoms with Gasteiger partial charge in [-0.15, -0.1) is 0 Å². The molecule has 6 nitrogen and oxygen atoms in total. The molecule has 1 aliphatic heterocycles. The molecule has 1 aromatic heterocycles. The van der Waals surface area contributed by atoms with Gasteiger partial charge in [0.25, 0.3) is 11.7 Å². The third-order valence-corrected chi connectivity index (χ3v) is 5.80. The number of carbonyl (C=O) groups excluding carboxylic acids is 2. The highest BCUT2D eigenvalue weighted by atomic mass is 35.5. The zero-order valence-corrected chi connectivity index (χ0v) is 18.6.